The second kappa shape index (κ2) is 4.93. The summed E-state index contributed by atoms with van der Waals surface area (Å²) in [6.07, 6.45) is 1.47. The van der Waals surface area contributed by atoms with Crippen molar-refractivity contribution in [2.75, 3.05) is 0 Å². The van der Waals surface area contributed by atoms with Crippen LogP contribution in [0, 0.1) is 0 Å². The lowest BCUT2D eigenvalue weighted by atomic mass is 10.1. The molecule has 0 saturated carbocycles. The first-order chi connectivity index (χ1) is 8.15. The highest BCUT2D eigenvalue weighted by Gasteiger charge is 2.09. The molecule has 0 spiro atoms. The molecule has 0 amide bonds. The van der Waals surface area contributed by atoms with E-state index in [1.54, 1.807) is 12.1 Å². The second-order valence-corrected chi connectivity index (χ2v) is 3.88. The van der Waals surface area contributed by atoms with E-state index in [0.717, 1.165) is 5.56 Å². The smallest absolute Gasteiger partial charge is 0.185 e. The van der Waals surface area contributed by atoms with Gasteiger partial charge in [0.05, 0.1) is 0 Å². The summed E-state index contributed by atoms with van der Waals surface area (Å²) in [7, 11) is 0. The number of hydrogen-bond acceptors (Lipinski definition) is 4. The van der Waals surface area contributed by atoms with Crippen molar-refractivity contribution in [2.45, 2.75) is 6.42 Å². The summed E-state index contributed by atoms with van der Waals surface area (Å²) in [6.45, 7) is 0. The van der Waals surface area contributed by atoms with Crippen molar-refractivity contribution in [2.24, 2.45) is 0 Å². The topological polar surface area (TPSA) is 63.1 Å². The molecule has 2 rings (SSSR count). The number of ketones is 1. The Morgan fingerprint density at radius 2 is 1.94 bits per heavy atom. The van der Waals surface area contributed by atoms with E-state index in [1.165, 1.54) is 24.5 Å². The fourth-order valence-corrected chi connectivity index (χ4v) is 1.52. The van der Waals surface area contributed by atoms with Crippen LogP contribution >= 0.6 is 11.6 Å². The first kappa shape index (κ1) is 11.5. The minimum absolute atomic E-state index is 0.139. The predicted octanol–water partition coefficient (Wildman–Crippen LogP) is 2.26. The number of hydrogen-bond donors (Lipinski definition) is 1. The van der Waals surface area contributed by atoms with Crippen LogP contribution in [0.3, 0.4) is 0 Å². The Bertz CT molecular complexity index is 540. The molecule has 86 valence electrons. The van der Waals surface area contributed by atoms with Gasteiger partial charge in [-0.05, 0) is 17.7 Å². The maximum atomic E-state index is 11.8. The molecule has 0 radical (unpaired) electrons. The highest BCUT2D eigenvalue weighted by atomic mass is 35.5. The number of phenolic OH excluding ortho intramolecular Hbond substituents is 1. The van der Waals surface area contributed by atoms with Gasteiger partial charge in [0, 0.05) is 12.5 Å². The summed E-state index contributed by atoms with van der Waals surface area (Å²) < 4.78 is 0. The lowest BCUT2D eigenvalue weighted by Crippen LogP contribution is -2.06. The quantitative estimate of drug-likeness (QED) is 0.669. The largest absolute Gasteiger partial charge is 0.508 e. The van der Waals surface area contributed by atoms with Gasteiger partial charge in [-0.3, -0.25) is 4.79 Å². The van der Waals surface area contributed by atoms with E-state index < -0.39 is 0 Å². The maximum absolute atomic E-state index is 11.8. The number of aromatic nitrogens is 2. The molecule has 1 aromatic heterocycles. The van der Waals surface area contributed by atoms with Gasteiger partial charge >= 0.3 is 0 Å². The van der Waals surface area contributed by atoms with Gasteiger partial charge in [-0.15, -0.1) is 0 Å². The van der Waals surface area contributed by atoms with Crippen LogP contribution in [0.2, 0.25) is 5.15 Å². The third-order valence-electron chi connectivity index (χ3n) is 2.22. The molecule has 0 saturated heterocycles. The van der Waals surface area contributed by atoms with Crippen molar-refractivity contribution < 1.29 is 9.90 Å². The van der Waals surface area contributed by atoms with Crippen LogP contribution in [-0.4, -0.2) is 20.9 Å². The predicted molar refractivity (Wildman–Crippen MR) is 63.2 cm³/mol. The Balaban J connectivity index is 2.14. The third kappa shape index (κ3) is 3.01. The lowest BCUT2D eigenvalue weighted by molar-refractivity contribution is 0.0988. The molecule has 17 heavy (non-hydrogen) atoms. The number of Topliss-reactive ketones (excluding diaryl/α,β-unsaturated/α-hetero) is 1. The Hall–Kier alpha value is -1.94. The highest BCUT2D eigenvalue weighted by Crippen LogP contribution is 2.12. The molecule has 5 heteroatoms. The molecule has 0 bridgehead atoms. The van der Waals surface area contributed by atoms with Gasteiger partial charge in [-0.25, -0.2) is 9.97 Å². The average molecular weight is 249 g/mol. The summed E-state index contributed by atoms with van der Waals surface area (Å²) in [6, 6.07) is 7.89. The van der Waals surface area contributed by atoms with Crippen LogP contribution in [-0.2, 0) is 6.42 Å². The van der Waals surface area contributed by atoms with Crippen LogP contribution in [0.15, 0.2) is 36.7 Å². The van der Waals surface area contributed by atoms with E-state index in [9.17, 15) is 4.79 Å². The minimum Gasteiger partial charge on any atom is -0.508 e. The average Bonchev–Trinajstić information content (AvgIpc) is 2.32. The van der Waals surface area contributed by atoms with E-state index >= 15 is 0 Å². The molecule has 4 nitrogen and oxygen atoms in total. The molecule has 1 aromatic carbocycles. The van der Waals surface area contributed by atoms with Crippen LogP contribution in [0.1, 0.15) is 16.1 Å². The molecular formula is C12H9ClN2O2. The van der Waals surface area contributed by atoms with Crippen molar-refractivity contribution >= 4 is 17.4 Å². The number of aromatic hydroxyl groups is 1. The van der Waals surface area contributed by atoms with Gasteiger partial charge in [0.15, 0.2) is 5.78 Å². The van der Waals surface area contributed by atoms with E-state index in [-0.39, 0.29) is 28.8 Å². The van der Waals surface area contributed by atoms with E-state index in [0.29, 0.717) is 0 Å². The zero-order chi connectivity index (χ0) is 12.3. The number of nitrogens with zero attached hydrogens (tertiary/aromatic N) is 2. The van der Waals surface area contributed by atoms with Crippen molar-refractivity contribution in [3.05, 3.63) is 53.1 Å². The Morgan fingerprint density at radius 3 is 2.59 bits per heavy atom. The zero-order valence-electron chi connectivity index (χ0n) is 8.80. The number of carbonyl (C=O) groups excluding carboxylic acids is 1. The Kier molecular flexibility index (Phi) is 3.35. The van der Waals surface area contributed by atoms with Gasteiger partial charge in [0.2, 0.25) is 0 Å². The number of rotatable bonds is 3. The van der Waals surface area contributed by atoms with Gasteiger partial charge in [-0.1, -0.05) is 23.7 Å². The number of phenols is 1. The third-order valence-corrected chi connectivity index (χ3v) is 2.43. The molecule has 1 heterocycles. The van der Waals surface area contributed by atoms with Crippen molar-refractivity contribution in [3.63, 3.8) is 0 Å². The van der Waals surface area contributed by atoms with Crippen LogP contribution in [0.25, 0.3) is 0 Å². The summed E-state index contributed by atoms with van der Waals surface area (Å²) in [5, 5.41) is 9.37. The molecule has 0 atom stereocenters. The lowest BCUT2D eigenvalue weighted by Gasteiger charge is -2.01. The van der Waals surface area contributed by atoms with E-state index in [2.05, 4.69) is 9.97 Å². The summed E-state index contributed by atoms with van der Waals surface area (Å²) in [4.78, 5) is 19.4. The minimum atomic E-state index is -0.139. The Labute approximate surface area is 103 Å². The first-order valence-electron chi connectivity index (χ1n) is 4.94. The standard InChI is InChI=1S/C12H9ClN2O2/c13-12-6-10(14-7-15-12)11(17)5-8-1-3-9(16)4-2-8/h1-4,6-7,16H,5H2. The molecule has 0 aliphatic heterocycles. The van der Waals surface area contributed by atoms with Crippen LogP contribution in [0.5, 0.6) is 5.75 Å². The van der Waals surface area contributed by atoms with Gasteiger partial charge in [0.25, 0.3) is 0 Å². The van der Waals surface area contributed by atoms with Crippen molar-refractivity contribution in [1.29, 1.82) is 0 Å². The van der Waals surface area contributed by atoms with Crippen molar-refractivity contribution in [1.82, 2.24) is 9.97 Å². The summed E-state index contributed by atoms with van der Waals surface area (Å²) in [5.41, 5.74) is 1.10. The number of halogens is 1. The number of benzene rings is 1. The fraction of sp³-hybridized carbons (Fsp3) is 0.0833. The SMILES string of the molecule is O=C(Cc1ccc(O)cc1)c1cc(Cl)ncn1. The zero-order valence-corrected chi connectivity index (χ0v) is 9.55. The van der Waals surface area contributed by atoms with E-state index in [4.69, 9.17) is 16.7 Å². The maximum Gasteiger partial charge on any atom is 0.185 e. The van der Waals surface area contributed by atoms with Crippen LogP contribution < -0.4 is 0 Å². The molecule has 0 unspecified atom stereocenters. The van der Waals surface area contributed by atoms with E-state index in [1.807, 2.05) is 0 Å². The highest BCUT2D eigenvalue weighted by molar-refractivity contribution is 6.29. The molecule has 1 N–H and O–H groups in total. The molecule has 0 aliphatic carbocycles. The monoisotopic (exact) mass is 248 g/mol. The fourth-order valence-electron chi connectivity index (χ4n) is 1.38. The van der Waals surface area contributed by atoms with Gasteiger partial charge in [-0.2, -0.15) is 0 Å². The van der Waals surface area contributed by atoms with Gasteiger partial charge < -0.3 is 5.11 Å². The molecule has 2 aromatic rings. The van der Waals surface area contributed by atoms with Crippen LogP contribution in [0.4, 0.5) is 0 Å². The first-order valence-corrected chi connectivity index (χ1v) is 5.31. The summed E-state index contributed by atoms with van der Waals surface area (Å²) in [5.74, 6) is 0.0336. The normalized spacial score (nSPS) is 10.2. The van der Waals surface area contributed by atoms with Crippen molar-refractivity contribution in [3.8, 4) is 5.75 Å². The summed E-state index contributed by atoms with van der Waals surface area (Å²) >= 11 is 5.68. The second-order valence-electron chi connectivity index (χ2n) is 3.49. The van der Waals surface area contributed by atoms with Gasteiger partial charge in [0.1, 0.15) is 22.9 Å². The number of carbonyl (C=O) groups is 1. The molecule has 0 aliphatic rings. The molecule has 0 fully saturated rings. The molecular weight excluding hydrogens is 240 g/mol. The Morgan fingerprint density at radius 1 is 1.24 bits per heavy atom.